The van der Waals surface area contributed by atoms with Gasteiger partial charge in [0, 0.05) is 12.7 Å². The van der Waals surface area contributed by atoms with Crippen molar-refractivity contribution in [1.82, 2.24) is 14.8 Å². The lowest BCUT2D eigenvalue weighted by atomic mass is 10.2. The van der Waals surface area contributed by atoms with Gasteiger partial charge in [-0.15, -0.1) is 0 Å². The van der Waals surface area contributed by atoms with Gasteiger partial charge in [-0.1, -0.05) is 0 Å². The number of carbonyl (C=O) groups is 1. The fraction of sp³-hybridized carbons (Fsp3) is 0.250. The Labute approximate surface area is 110 Å². The molecule has 0 amide bonds. The number of aryl methyl sites for hydroxylation is 1. The van der Waals surface area contributed by atoms with E-state index in [4.69, 9.17) is 10.5 Å². The molecule has 0 saturated heterocycles. The van der Waals surface area contributed by atoms with Crippen molar-refractivity contribution in [2.75, 3.05) is 18.2 Å². The molecule has 0 aliphatic rings. The standard InChI is InChI=1S/C12H15N5O2/c1-3-17-7-8(5-15-17)16-10-6-14-11(13)4-9(10)12(18)19-2/h4-7,16H,3H2,1-2H3,(H2,13,14). The van der Waals surface area contributed by atoms with Crippen LogP contribution in [0.3, 0.4) is 0 Å². The number of aromatic nitrogens is 3. The van der Waals surface area contributed by atoms with E-state index >= 15 is 0 Å². The SMILES string of the molecule is CCn1cc(Nc2cnc(N)cc2C(=O)OC)cn1. The summed E-state index contributed by atoms with van der Waals surface area (Å²) in [6.07, 6.45) is 4.99. The van der Waals surface area contributed by atoms with Crippen LogP contribution >= 0.6 is 0 Å². The first-order chi connectivity index (χ1) is 9.13. The highest BCUT2D eigenvalue weighted by Crippen LogP contribution is 2.22. The highest BCUT2D eigenvalue weighted by atomic mass is 16.5. The van der Waals surface area contributed by atoms with Crippen LogP contribution in [0.2, 0.25) is 0 Å². The highest BCUT2D eigenvalue weighted by Gasteiger charge is 2.13. The van der Waals surface area contributed by atoms with E-state index in [1.54, 1.807) is 10.9 Å². The summed E-state index contributed by atoms with van der Waals surface area (Å²) >= 11 is 0. The predicted octanol–water partition coefficient (Wildman–Crippen LogP) is 1.41. The van der Waals surface area contributed by atoms with Crippen LogP contribution in [0.5, 0.6) is 0 Å². The number of rotatable bonds is 4. The number of ether oxygens (including phenoxy) is 1. The van der Waals surface area contributed by atoms with Crippen molar-refractivity contribution in [3.05, 3.63) is 30.2 Å². The number of hydrogen-bond acceptors (Lipinski definition) is 6. The van der Waals surface area contributed by atoms with Crippen LogP contribution in [0.15, 0.2) is 24.7 Å². The molecule has 0 spiro atoms. The number of carbonyl (C=O) groups excluding carboxylic acids is 1. The number of hydrogen-bond donors (Lipinski definition) is 2. The average molecular weight is 261 g/mol. The molecule has 2 aromatic rings. The van der Waals surface area contributed by atoms with Crippen molar-refractivity contribution in [3.63, 3.8) is 0 Å². The molecule has 0 aliphatic carbocycles. The molecule has 0 fully saturated rings. The maximum absolute atomic E-state index is 11.7. The zero-order valence-corrected chi connectivity index (χ0v) is 10.8. The van der Waals surface area contributed by atoms with Gasteiger partial charge in [-0.25, -0.2) is 9.78 Å². The minimum Gasteiger partial charge on any atom is -0.465 e. The van der Waals surface area contributed by atoms with Gasteiger partial charge in [-0.05, 0) is 13.0 Å². The first-order valence-electron chi connectivity index (χ1n) is 5.77. The number of nitrogens with one attached hydrogen (secondary N) is 1. The normalized spacial score (nSPS) is 10.2. The first kappa shape index (κ1) is 12.9. The zero-order chi connectivity index (χ0) is 13.8. The summed E-state index contributed by atoms with van der Waals surface area (Å²) in [7, 11) is 1.32. The van der Waals surface area contributed by atoms with E-state index in [1.807, 2.05) is 13.1 Å². The van der Waals surface area contributed by atoms with Gasteiger partial charge in [0.05, 0.1) is 36.4 Å². The molecule has 0 unspecified atom stereocenters. The number of pyridine rings is 1. The van der Waals surface area contributed by atoms with Crippen LogP contribution in [0, 0.1) is 0 Å². The monoisotopic (exact) mass is 261 g/mol. The van der Waals surface area contributed by atoms with Gasteiger partial charge >= 0.3 is 5.97 Å². The minimum absolute atomic E-state index is 0.259. The summed E-state index contributed by atoms with van der Waals surface area (Å²) in [5, 5.41) is 7.20. The van der Waals surface area contributed by atoms with E-state index in [2.05, 4.69) is 15.4 Å². The number of nitrogens with two attached hydrogens (primary N) is 1. The molecule has 3 N–H and O–H groups in total. The molecule has 7 heteroatoms. The Bertz CT molecular complexity index is 594. The topological polar surface area (TPSA) is 95.1 Å². The van der Waals surface area contributed by atoms with Gasteiger partial charge in [0.15, 0.2) is 0 Å². The van der Waals surface area contributed by atoms with Crippen molar-refractivity contribution >= 4 is 23.2 Å². The summed E-state index contributed by atoms with van der Waals surface area (Å²) in [5.74, 6) is -0.213. The smallest absolute Gasteiger partial charge is 0.340 e. The molecule has 0 radical (unpaired) electrons. The minimum atomic E-state index is -0.473. The van der Waals surface area contributed by atoms with E-state index in [9.17, 15) is 4.79 Å². The summed E-state index contributed by atoms with van der Waals surface area (Å²) in [5.41, 5.74) is 7.20. The van der Waals surface area contributed by atoms with Gasteiger partial charge in [0.25, 0.3) is 0 Å². The number of nitrogen functional groups attached to an aromatic ring is 1. The fourth-order valence-electron chi connectivity index (χ4n) is 1.61. The van der Waals surface area contributed by atoms with E-state index in [0.717, 1.165) is 12.2 Å². The number of nitrogens with zero attached hydrogens (tertiary/aromatic N) is 3. The van der Waals surface area contributed by atoms with Gasteiger partial charge in [-0.3, -0.25) is 4.68 Å². The zero-order valence-electron chi connectivity index (χ0n) is 10.8. The van der Waals surface area contributed by atoms with Gasteiger partial charge in [-0.2, -0.15) is 5.10 Å². The molecule has 0 bridgehead atoms. The second-order valence-corrected chi connectivity index (χ2v) is 3.86. The van der Waals surface area contributed by atoms with Gasteiger partial charge in [0.1, 0.15) is 5.82 Å². The van der Waals surface area contributed by atoms with E-state index in [0.29, 0.717) is 11.3 Å². The number of esters is 1. The molecule has 7 nitrogen and oxygen atoms in total. The van der Waals surface area contributed by atoms with E-state index in [1.165, 1.54) is 19.4 Å². The third-order valence-corrected chi connectivity index (χ3v) is 2.57. The molecule has 0 aromatic carbocycles. The van der Waals surface area contributed by atoms with Crippen molar-refractivity contribution in [2.45, 2.75) is 13.5 Å². The van der Waals surface area contributed by atoms with Crippen molar-refractivity contribution in [2.24, 2.45) is 0 Å². The molecular weight excluding hydrogens is 246 g/mol. The largest absolute Gasteiger partial charge is 0.465 e. The summed E-state index contributed by atoms with van der Waals surface area (Å²) in [6, 6.07) is 1.47. The third-order valence-electron chi connectivity index (χ3n) is 2.57. The van der Waals surface area contributed by atoms with E-state index < -0.39 is 5.97 Å². The summed E-state index contributed by atoms with van der Waals surface area (Å²) < 4.78 is 6.48. The number of methoxy groups -OCH3 is 1. The second kappa shape index (κ2) is 5.38. The van der Waals surface area contributed by atoms with Gasteiger partial charge in [0.2, 0.25) is 0 Å². The quantitative estimate of drug-likeness (QED) is 0.808. The molecule has 100 valence electrons. The highest BCUT2D eigenvalue weighted by molar-refractivity contribution is 5.96. The lowest BCUT2D eigenvalue weighted by Gasteiger charge is -2.09. The Kier molecular flexibility index (Phi) is 3.65. The molecule has 19 heavy (non-hydrogen) atoms. The molecule has 2 aromatic heterocycles. The van der Waals surface area contributed by atoms with Crippen LogP contribution in [0.1, 0.15) is 17.3 Å². The lowest BCUT2D eigenvalue weighted by Crippen LogP contribution is -2.07. The Morgan fingerprint density at radius 2 is 2.32 bits per heavy atom. The van der Waals surface area contributed by atoms with Crippen LogP contribution < -0.4 is 11.1 Å². The molecule has 0 atom stereocenters. The average Bonchev–Trinajstić information content (AvgIpc) is 2.87. The Morgan fingerprint density at radius 3 is 2.95 bits per heavy atom. The van der Waals surface area contributed by atoms with Crippen molar-refractivity contribution in [3.8, 4) is 0 Å². The van der Waals surface area contributed by atoms with Crippen LogP contribution in [-0.2, 0) is 11.3 Å². The first-order valence-corrected chi connectivity index (χ1v) is 5.77. The molecule has 0 saturated carbocycles. The maximum Gasteiger partial charge on any atom is 0.340 e. The second-order valence-electron chi connectivity index (χ2n) is 3.86. The summed E-state index contributed by atoms with van der Waals surface area (Å²) in [6.45, 7) is 2.76. The third kappa shape index (κ3) is 2.82. The predicted molar refractivity (Wildman–Crippen MR) is 71.2 cm³/mol. The molecule has 2 rings (SSSR count). The number of anilines is 3. The Morgan fingerprint density at radius 1 is 1.53 bits per heavy atom. The van der Waals surface area contributed by atoms with Crippen molar-refractivity contribution < 1.29 is 9.53 Å². The van der Waals surface area contributed by atoms with Crippen molar-refractivity contribution in [1.29, 1.82) is 0 Å². The van der Waals surface area contributed by atoms with E-state index in [-0.39, 0.29) is 5.82 Å². The van der Waals surface area contributed by atoms with Crippen LogP contribution in [0.25, 0.3) is 0 Å². The lowest BCUT2D eigenvalue weighted by molar-refractivity contribution is 0.0602. The molecule has 2 heterocycles. The Hall–Kier alpha value is -2.57. The van der Waals surface area contributed by atoms with Crippen LogP contribution in [-0.4, -0.2) is 27.8 Å². The molecule has 0 aliphatic heterocycles. The fourth-order valence-corrected chi connectivity index (χ4v) is 1.61. The Balaban J connectivity index is 2.31. The molecular formula is C12H15N5O2. The summed E-state index contributed by atoms with van der Waals surface area (Å²) in [4.78, 5) is 15.6. The maximum atomic E-state index is 11.7. The van der Waals surface area contributed by atoms with Crippen LogP contribution in [0.4, 0.5) is 17.2 Å². The van der Waals surface area contributed by atoms with Gasteiger partial charge < -0.3 is 15.8 Å².